The number of hydrogen-bond donors (Lipinski definition) is 3. The number of ether oxygens (including phenoxy) is 2. The van der Waals surface area contributed by atoms with Crippen molar-refractivity contribution < 1.29 is 29.3 Å². The van der Waals surface area contributed by atoms with Gasteiger partial charge in [-0.3, -0.25) is 14.5 Å². The van der Waals surface area contributed by atoms with Crippen LogP contribution < -0.4 is 5.32 Å². The van der Waals surface area contributed by atoms with Gasteiger partial charge in [-0.25, -0.2) is 0 Å². The first-order valence-corrected chi connectivity index (χ1v) is 16.3. The summed E-state index contributed by atoms with van der Waals surface area (Å²) in [6, 6.07) is 36.7. The monoisotopic (exact) mass is 636 g/mol. The molecule has 1 saturated heterocycles. The van der Waals surface area contributed by atoms with Crippen molar-refractivity contribution in [2.75, 3.05) is 6.54 Å². The molecule has 0 bridgehead atoms. The van der Waals surface area contributed by atoms with Crippen molar-refractivity contribution in [3.05, 3.63) is 143 Å². The average molecular weight is 637 g/mol. The molecule has 246 valence electrons. The topological polar surface area (TPSA) is 108 Å². The lowest BCUT2D eigenvalue weighted by Crippen LogP contribution is -2.44. The Balaban J connectivity index is 1.34. The summed E-state index contributed by atoms with van der Waals surface area (Å²) in [7, 11) is 0. The quantitative estimate of drug-likeness (QED) is 0.136. The number of amides is 1. The van der Waals surface area contributed by atoms with Gasteiger partial charge in [-0.1, -0.05) is 116 Å². The van der Waals surface area contributed by atoms with Crippen molar-refractivity contribution in [2.24, 2.45) is 5.92 Å². The Morgan fingerprint density at radius 2 is 1.30 bits per heavy atom. The molecular weight excluding hydrogens is 592 g/mol. The van der Waals surface area contributed by atoms with E-state index in [1.54, 1.807) is 0 Å². The molecule has 0 spiro atoms. The molecule has 0 radical (unpaired) electrons. The molecule has 0 aliphatic carbocycles. The Morgan fingerprint density at radius 3 is 1.87 bits per heavy atom. The Labute approximate surface area is 277 Å². The highest BCUT2D eigenvalue weighted by Crippen LogP contribution is 2.42. The minimum absolute atomic E-state index is 0.0151. The molecule has 1 fully saturated rings. The maximum atomic E-state index is 12.1. The van der Waals surface area contributed by atoms with Gasteiger partial charge >= 0.3 is 5.97 Å². The summed E-state index contributed by atoms with van der Waals surface area (Å²) in [6.07, 6.45) is -0.506. The first-order valence-electron chi connectivity index (χ1n) is 16.3. The molecule has 1 aliphatic rings. The van der Waals surface area contributed by atoms with Gasteiger partial charge < -0.3 is 25.0 Å². The third-order valence-corrected chi connectivity index (χ3v) is 8.60. The van der Waals surface area contributed by atoms with Crippen molar-refractivity contribution in [1.29, 1.82) is 0 Å². The second-order valence-corrected chi connectivity index (χ2v) is 12.2. The molecule has 0 aromatic heterocycles. The van der Waals surface area contributed by atoms with Gasteiger partial charge in [0, 0.05) is 50.5 Å². The predicted octanol–water partition coefficient (Wildman–Crippen LogP) is 6.54. The van der Waals surface area contributed by atoms with Gasteiger partial charge in [0.15, 0.2) is 6.29 Å². The molecule has 1 heterocycles. The maximum absolute atomic E-state index is 12.1. The summed E-state index contributed by atoms with van der Waals surface area (Å²) in [5.74, 6) is -1.03. The second-order valence-electron chi connectivity index (χ2n) is 12.2. The largest absolute Gasteiger partial charge is 0.481 e. The molecule has 4 atom stereocenters. The lowest BCUT2D eigenvalue weighted by atomic mass is 9.89. The molecule has 1 amide bonds. The fourth-order valence-electron chi connectivity index (χ4n) is 5.93. The molecule has 3 N–H and O–H groups in total. The van der Waals surface area contributed by atoms with Gasteiger partial charge in [0.25, 0.3) is 0 Å². The van der Waals surface area contributed by atoms with Gasteiger partial charge in [-0.05, 0) is 34.2 Å². The number of carboxylic acid groups (broad SMARTS) is 1. The summed E-state index contributed by atoms with van der Waals surface area (Å²) in [5, 5.41) is 21.3. The van der Waals surface area contributed by atoms with E-state index in [1.165, 1.54) is 11.1 Å². The molecule has 8 heteroatoms. The number of aliphatic carboxylic acids is 1. The number of nitrogens with one attached hydrogen (secondary N) is 1. The van der Waals surface area contributed by atoms with Gasteiger partial charge in [0.05, 0.1) is 18.8 Å². The Morgan fingerprint density at radius 1 is 0.723 bits per heavy atom. The first kappa shape index (κ1) is 34.0. The zero-order valence-electron chi connectivity index (χ0n) is 26.8. The van der Waals surface area contributed by atoms with Crippen LogP contribution in [0.4, 0.5) is 0 Å². The van der Waals surface area contributed by atoms with Crippen molar-refractivity contribution in [3.8, 4) is 0 Å². The summed E-state index contributed by atoms with van der Waals surface area (Å²) >= 11 is 0. The summed E-state index contributed by atoms with van der Waals surface area (Å²) in [6.45, 7) is 4.77. The standard InChI is InChI=1S/C39H44N2O6/c1-28-35(26-41(24-30-9-4-2-5-10-30)25-31-11-6-3-7-12-31)46-39(47-38(28)33-19-17-32(27-42)18-20-33)34-21-15-29(16-22-34)23-40-36(43)13-8-14-37(44)45/h2-7,9-12,15-22,28,35,38-39,42H,8,13-14,23-27H2,1H3,(H,40,43)(H,44,45)/t28-,35+,38+,39+/m0/s1. The number of benzene rings is 4. The van der Waals surface area contributed by atoms with Crippen molar-refractivity contribution in [3.63, 3.8) is 0 Å². The van der Waals surface area contributed by atoms with Crippen LogP contribution in [0.3, 0.4) is 0 Å². The van der Waals surface area contributed by atoms with E-state index in [0.717, 1.165) is 35.3 Å². The van der Waals surface area contributed by atoms with E-state index in [4.69, 9.17) is 14.6 Å². The highest BCUT2D eigenvalue weighted by Gasteiger charge is 2.39. The highest BCUT2D eigenvalue weighted by molar-refractivity contribution is 5.76. The third-order valence-electron chi connectivity index (χ3n) is 8.60. The number of rotatable bonds is 15. The number of aliphatic hydroxyl groups excluding tert-OH is 1. The van der Waals surface area contributed by atoms with Gasteiger partial charge in [0.1, 0.15) is 0 Å². The molecule has 4 aromatic carbocycles. The van der Waals surface area contributed by atoms with Crippen LogP contribution in [0.15, 0.2) is 109 Å². The number of hydrogen-bond acceptors (Lipinski definition) is 6. The predicted molar refractivity (Wildman–Crippen MR) is 180 cm³/mol. The Kier molecular flexibility index (Phi) is 12.3. The van der Waals surface area contributed by atoms with Gasteiger partial charge in [-0.15, -0.1) is 0 Å². The van der Waals surface area contributed by atoms with E-state index >= 15 is 0 Å². The van der Waals surface area contributed by atoms with E-state index in [-0.39, 0.29) is 43.5 Å². The van der Waals surface area contributed by atoms with Crippen molar-refractivity contribution in [2.45, 2.75) is 70.9 Å². The van der Waals surface area contributed by atoms with Crippen molar-refractivity contribution >= 4 is 11.9 Å². The minimum atomic E-state index is -0.901. The Bertz CT molecular complexity index is 1500. The number of aliphatic hydroxyl groups is 1. The highest BCUT2D eigenvalue weighted by atomic mass is 16.7. The molecular formula is C39H44N2O6. The number of nitrogens with zero attached hydrogens (tertiary/aromatic N) is 1. The van der Waals surface area contributed by atoms with Crippen LogP contribution in [-0.2, 0) is 45.3 Å². The maximum Gasteiger partial charge on any atom is 0.303 e. The van der Waals surface area contributed by atoms with Crippen molar-refractivity contribution in [1.82, 2.24) is 10.2 Å². The summed E-state index contributed by atoms with van der Waals surface area (Å²) < 4.78 is 13.4. The summed E-state index contributed by atoms with van der Waals surface area (Å²) in [5.41, 5.74) is 6.17. The zero-order valence-corrected chi connectivity index (χ0v) is 26.8. The smallest absolute Gasteiger partial charge is 0.303 e. The molecule has 8 nitrogen and oxygen atoms in total. The van der Waals surface area contributed by atoms with E-state index < -0.39 is 12.3 Å². The van der Waals surface area contributed by atoms with Crippen LogP contribution in [0.2, 0.25) is 0 Å². The van der Waals surface area contributed by atoms with E-state index in [1.807, 2.05) is 60.7 Å². The summed E-state index contributed by atoms with van der Waals surface area (Å²) in [4.78, 5) is 25.3. The number of carboxylic acids is 1. The first-order chi connectivity index (χ1) is 22.9. The molecule has 47 heavy (non-hydrogen) atoms. The second kappa shape index (κ2) is 17.0. The van der Waals surface area contributed by atoms with E-state index in [2.05, 4.69) is 65.7 Å². The van der Waals surface area contributed by atoms with E-state index in [0.29, 0.717) is 19.5 Å². The lowest BCUT2D eigenvalue weighted by molar-refractivity contribution is -0.276. The SMILES string of the molecule is C[C@H]1[C@@H](CN(Cc2ccccc2)Cc2ccccc2)O[C@@H](c2ccc(CNC(=O)CCCC(=O)O)cc2)O[C@H]1c1ccc(CO)cc1. The minimum Gasteiger partial charge on any atom is -0.481 e. The molecule has 0 saturated carbocycles. The zero-order chi connectivity index (χ0) is 33.0. The van der Waals surface area contributed by atoms with Crippen LogP contribution >= 0.6 is 0 Å². The molecule has 1 aliphatic heterocycles. The number of carbonyl (C=O) groups excluding carboxylic acids is 1. The van der Waals surface area contributed by atoms with Crippen LogP contribution in [0.5, 0.6) is 0 Å². The normalized spacial score (nSPS) is 19.4. The van der Waals surface area contributed by atoms with Crippen LogP contribution in [0.25, 0.3) is 0 Å². The molecule has 5 rings (SSSR count). The lowest BCUT2D eigenvalue weighted by Gasteiger charge is -2.43. The fraction of sp³-hybridized carbons (Fsp3) is 0.333. The van der Waals surface area contributed by atoms with Gasteiger partial charge in [0.2, 0.25) is 5.91 Å². The van der Waals surface area contributed by atoms with Crippen LogP contribution in [-0.4, -0.2) is 39.6 Å². The van der Waals surface area contributed by atoms with Crippen LogP contribution in [0.1, 0.15) is 72.0 Å². The fourth-order valence-corrected chi connectivity index (χ4v) is 5.93. The number of carbonyl (C=O) groups is 2. The van der Waals surface area contributed by atoms with E-state index in [9.17, 15) is 14.7 Å². The van der Waals surface area contributed by atoms with Gasteiger partial charge in [-0.2, -0.15) is 0 Å². The third kappa shape index (κ3) is 10.1. The average Bonchev–Trinajstić information content (AvgIpc) is 3.09. The Hall–Kier alpha value is -4.34. The molecule has 0 unspecified atom stereocenters. The van der Waals surface area contributed by atoms with Crippen LogP contribution in [0, 0.1) is 5.92 Å². The molecule has 4 aromatic rings.